The van der Waals surface area contributed by atoms with Crippen LogP contribution in [0.15, 0.2) is 18.2 Å². The molecule has 20 heavy (non-hydrogen) atoms. The molecule has 1 aliphatic rings. The number of likely N-dealkylation sites (tertiary alicyclic amines) is 1. The molecule has 3 N–H and O–H groups in total. The van der Waals surface area contributed by atoms with Crippen molar-refractivity contribution in [3.05, 3.63) is 24.0 Å². The van der Waals surface area contributed by atoms with E-state index in [1.807, 2.05) is 6.92 Å². The molecule has 1 aliphatic heterocycles. The second-order valence-corrected chi connectivity index (χ2v) is 5.62. The summed E-state index contributed by atoms with van der Waals surface area (Å²) in [4.78, 5) is 14.4. The number of anilines is 2. The maximum Gasteiger partial charge on any atom is 0.241 e. The maximum absolute atomic E-state index is 13.0. The van der Waals surface area contributed by atoms with Gasteiger partial charge < -0.3 is 11.1 Å². The van der Waals surface area contributed by atoms with Gasteiger partial charge >= 0.3 is 0 Å². The van der Waals surface area contributed by atoms with E-state index in [0.717, 1.165) is 31.8 Å². The fourth-order valence-electron chi connectivity index (χ4n) is 2.47. The van der Waals surface area contributed by atoms with Gasteiger partial charge in [-0.15, -0.1) is 0 Å². The zero-order valence-corrected chi connectivity index (χ0v) is 12.0. The smallest absolute Gasteiger partial charge is 0.241 e. The van der Waals surface area contributed by atoms with Crippen molar-refractivity contribution in [2.24, 2.45) is 5.92 Å². The molecule has 0 radical (unpaired) electrons. The van der Waals surface area contributed by atoms with Crippen LogP contribution in [-0.4, -0.2) is 29.9 Å². The third-order valence-electron chi connectivity index (χ3n) is 4.02. The SMILES string of the molecule is CC1CCN(C(C)C(=O)Nc2ccc(F)cc2N)CC1. The zero-order chi connectivity index (χ0) is 14.7. The van der Waals surface area contributed by atoms with E-state index in [1.165, 1.54) is 18.2 Å². The van der Waals surface area contributed by atoms with Gasteiger partial charge in [0.2, 0.25) is 5.91 Å². The van der Waals surface area contributed by atoms with Crippen LogP contribution in [0.5, 0.6) is 0 Å². The van der Waals surface area contributed by atoms with E-state index in [0.29, 0.717) is 5.69 Å². The van der Waals surface area contributed by atoms with Crippen LogP contribution in [0.1, 0.15) is 26.7 Å². The molecular weight excluding hydrogens is 257 g/mol. The number of nitrogens with two attached hydrogens (primary N) is 1. The van der Waals surface area contributed by atoms with E-state index in [-0.39, 0.29) is 17.6 Å². The van der Waals surface area contributed by atoms with Crippen LogP contribution in [0.4, 0.5) is 15.8 Å². The minimum absolute atomic E-state index is 0.0992. The maximum atomic E-state index is 13.0. The van der Waals surface area contributed by atoms with Crippen molar-refractivity contribution in [1.29, 1.82) is 0 Å². The number of halogens is 1. The van der Waals surface area contributed by atoms with Crippen molar-refractivity contribution in [2.75, 3.05) is 24.1 Å². The van der Waals surface area contributed by atoms with Crippen LogP contribution in [0, 0.1) is 11.7 Å². The average Bonchev–Trinajstić information content (AvgIpc) is 2.42. The van der Waals surface area contributed by atoms with Crippen LogP contribution in [0.25, 0.3) is 0 Å². The Kier molecular flexibility index (Phi) is 4.60. The summed E-state index contributed by atoms with van der Waals surface area (Å²) < 4.78 is 13.0. The number of hydrogen-bond donors (Lipinski definition) is 2. The van der Waals surface area contributed by atoms with Crippen molar-refractivity contribution in [3.8, 4) is 0 Å². The highest BCUT2D eigenvalue weighted by molar-refractivity contribution is 5.97. The largest absolute Gasteiger partial charge is 0.397 e. The molecule has 4 nitrogen and oxygen atoms in total. The second kappa shape index (κ2) is 6.22. The molecule has 1 unspecified atom stereocenters. The van der Waals surface area contributed by atoms with Crippen LogP contribution >= 0.6 is 0 Å². The van der Waals surface area contributed by atoms with Crippen LogP contribution in [0.2, 0.25) is 0 Å². The number of hydrogen-bond acceptors (Lipinski definition) is 3. The summed E-state index contributed by atoms with van der Waals surface area (Å²) >= 11 is 0. The molecule has 1 aromatic rings. The fourth-order valence-corrected chi connectivity index (χ4v) is 2.47. The number of rotatable bonds is 3. The molecule has 1 aromatic carbocycles. The van der Waals surface area contributed by atoms with Gasteiger partial charge in [-0.25, -0.2) is 4.39 Å². The summed E-state index contributed by atoms with van der Waals surface area (Å²) in [7, 11) is 0. The average molecular weight is 279 g/mol. The first-order chi connectivity index (χ1) is 9.47. The standard InChI is InChI=1S/C15H22FN3O/c1-10-5-7-19(8-6-10)11(2)15(20)18-14-4-3-12(16)9-13(14)17/h3-4,9-11H,5-8,17H2,1-2H3,(H,18,20). The predicted molar refractivity (Wildman–Crippen MR) is 78.9 cm³/mol. The third kappa shape index (κ3) is 3.48. The number of amides is 1. The second-order valence-electron chi connectivity index (χ2n) is 5.62. The van der Waals surface area contributed by atoms with Crippen molar-refractivity contribution in [2.45, 2.75) is 32.7 Å². The molecule has 0 aliphatic carbocycles. The first kappa shape index (κ1) is 14.8. The fraction of sp³-hybridized carbons (Fsp3) is 0.533. The molecule has 0 saturated carbocycles. The molecule has 1 amide bonds. The molecular formula is C15H22FN3O. The van der Waals surface area contributed by atoms with E-state index >= 15 is 0 Å². The molecule has 1 saturated heterocycles. The summed E-state index contributed by atoms with van der Waals surface area (Å²) in [5.41, 5.74) is 6.41. The van der Waals surface area contributed by atoms with Crippen molar-refractivity contribution < 1.29 is 9.18 Å². The molecule has 2 rings (SSSR count). The van der Waals surface area contributed by atoms with E-state index in [4.69, 9.17) is 5.73 Å². The van der Waals surface area contributed by atoms with Gasteiger partial charge in [0.25, 0.3) is 0 Å². The van der Waals surface area contributed by atoms with Gasteiger partial charge in [0.1, 0.15) is 5.82 Å². The molecule has 0 bridgehead atoms. The summed E-state index contributed by atoms with van der Waals surface area (Å²) in [6.07, 6.45) is 2.24. The van der Waals surface area contributed by atoms with E-state index < -0.39 is 5.82 Å². The first-order valence-electron chi connectivity index (χ1n) is 7.07. The number of carbonyl (C=O) groups is 1. The van der Waals surface area contributed by atoms with Crippen LogP contribution in [-0.2, 0) is 4.79 Å². The molecule has 0 spiro atoms. The van der Waals surface area contributed by atoms with Gasteiger partial charge in [0, 0.05) is 0 Å². The Labute approximate surface area is 119 Å². The Morgan fingerprint density at radius 1 is 1.45 bits per heavy atom. The Hall–Kier alpha value is -1.62. The number of benzene rings is 1. The Balaban J connectivity index is 1.97. The number of nitrogen functional groups attached to an aromatic ring is 1. The third-order valence-corrected chi connectivity index (χ3v) is 4.02. The Bertz CT molecular complexity index is 484. The molecule has 110 valence electrons. The highest BCUT2D eigenvalue weighted by atomic mass is 19.1. The van der Waals surface area contributed by atoms with Gasteiger partial charge in [-0.05, 0) is 57.0 Å². The zero-order valence-electron chi connectivity index (χ0n) is 12.0. The molecule has 1 atom stereocenters. The van der Waals surface area contributed by atoms with E-state index in [9.17, 15) is 9.18 Å². The van der Waals surface area contributed by atoms with Crippen LogP contribution in [0.3, 0.4) is 0 Å². The minimum atomic E-state index is -0.404. The van der Waals surface area contributed by atoms with Crippen LogP contribution < -0.4 is 11.1 Å². The normalized spacial score (nSPS) is 18.8. The van der Waals surface area contributed by atoms with E-state index in [2.05, 4.69) is 17.1 Å². The number of nitrogens with one attached hydrogen (secondary N) is 1. The van der Waals surface area contributed by atoms with Gasteiger partial charge in [-0.3, -0.25) is 9.69 Å². The lowest BCUT2D eigenvalue weighted by molar-refractivity contribution is -0.121. The number of piperidine rings is 1. The lowest BCUT2D eigenvalue weighted by atomic mass is 9.98. The van der Waals surface area contributed by atoms with Gasteiger partial charge in [-0.1, -0.05) is 6.92 Å². The minimum Gasteiger partial charge on any atom is -0.397 e. The lowest BCUT2D eigenvalue weighted by Gasteiger charge is -2.34. The Morgan fingerprint density at radius 2 is 2.10 bits per heavy atom. The van der Waals surface area contributed by atoms with Gasteiger partial charge in [0.05, 0.1) is 17.4 Å². The summed E-state index contributed by atoms with van der Waals surface area (Å²) in [6, 6.07) is 3.79. The monoisotopic (exact) mass is 279 g/mol. The summed E-state index contributed by atoms with van der Waals surface area (Å²) in [5, 5.41) is 2.77. The first-order valence-corrected chi connectivity index (χ1v) is 7.07. The van der Waals surface area contributed by atoms with Crippen molar-refractivity contribution >= 4 is 17.3 Å². The topological polar surface area (TPSA) is 58.4 Å². The van der Waals surface area contributed by atoms with Gasteiger partial charge in [-0.2, -0.15) is 0 Å². The number of carbonyl (C=O) groups excluding carboxylic acids is 1. The summed E-state index contributed by atoms with van der Waals surface area (Å²) in [5.74, 6) is 0.227. The Morgan fingerprint density at radius 3 is 2.70 bits per heavy atom. The van der Waals surface area contributed by atoms with Crippen molar-refractivity contribution in [3.63, 3.8) is 0 Å². The van der Waals surface area contributed by atoms with Crippen molar-refractivity contribution in [1.82, 2.24) is 4.90 Å². The quantitative estimate of drug-likeness (QED) is 0.836. The highest BCUT2D eigenvalue weighted by Gasteiger charge is 2.25. The lowest BCUT2D eigenvalue weighted by Crippen LogP contribution is -2.45. The predicted octanol–water partition coefficient (Wildman–Crippen LogP) is 2.47. The summed E-state index contributed by atoms with van der Waals surface area (Å²) in [6.45, 7) is 6.01. The molecule has 0 aromatic heterocycles. The molecule has 1 fully saturated rings. The molecule has 1 heterocycles. The van der Waals surface area contributed by atoms with E-state index in [1.54, 1.807) is 0 Å². The molecule has 5 heteroatoms. The highest BCUT2D eigenvalue weighted by Crippen LogP contribution is 2.21. The number of nitrogens with zero attached hydrogens (tertiary/aromatic N) is 1. The van der Waals surface area contributed by atoms with Gasteiger partial charge in [0.15, 0.2) is 0 Å².